The van der Waals surface area contributed by atoms with Crippen LogP contribution in [0.3, 0.4) is 0 Å². The zero-order chi connectivity index (χ0) is 11.3. The van der Waals surface area contributed by atoms with E-state index in [1.807, 2.05) is 44.2 Å². The second kappa shape index (κ2) is 5.29. The Morgan fingerprint density at radius 2 is 1.87 bits per heavy atom. The molecule has 0 saturated carbocycles. The van der Waals surface area contributed by atoms with Crippen molar-refractivity contribution < 1.29 is 9.84 Å². The summed E-state index contributed by atoms with van der Waals surface area (Å²) in [5.41, 5.74) is 0.889. The molecule has 1 aromatic carbocycles. The molecular formula is C13H20O2. The summed E-state index contributed by atoms with van der Waals surface area (Å²) in [6.07, 6.45) is 0.329. The fraction of sp³-hybridized carbons (Fsp3) is 0.538. The van der Waals surface area contributed by atoms with Crippen molar-refractivity contribution in [3.8, 4) is 0 Å². The van der Waals surface area contributed by atoms with E-state index in [1.54, 1.807) is 6.92 Å². The Balaban J connectivity index is 2.42. The van der Waals surface area contributed by atoms with Gasteiger partial charge in [0.2, 0.25) is 0 Å². The zero-order valence-corrected chi connectivity index (χ0v) is 9.73. The van der Waals surface area contributed by atoms with E-state index in [9.17, 15) is 5.11 Å². The number of benzene rings is 1. The van der Waals surface area contributed by atoms with E-state index in [2.05, 4.69) is 0 Å². The second-order valence-electron chi connectivity index (χ2n) is 4.59. The first-order valence-electron chi connectivity index (χ1n) is 5.35. The molecule has 0 spiro atoms. The van der Waals surface area contributed by atoms with Gasteiger partial charge in [-0.15, -0.1) is 0 Å². The molecule has 1 atom stereocenters. The van der Waals surface area contributed by atoms with Crippen molar-refractivity contribution >= 4 is 0 Å². The monoisotopic (exact) mass is 208 g/mol. The molecular weight excluding hydrogens is 188 g/mol. The first kappa shape index (κ1) is 12.2. The van der Waals surface area contributed by atoms with Gasteiger partial charge >= 0.3 is 0 Å². The van der Waals surface area contributed by atoms with E-state index in [0.717, 1.165) is 5.56 Å². The van der Waals surface area contributed by atoms with Gasteiger partial charge in [0, 0.05) is 6.42 Å². The molecule has 1 rings (SSSR count). The third-order valence-electron chi connectivity index (χ3n) is 2.26. The Morgan fingerprint density at radius 3 is 2.40 bits per heavy atom. The van der Waals surface area contributed by atoms with Gasteiger partial charge in [-0.3, -0.25) is 0 Å². The van der Waals surface area contributed by atoms with E-state index in [-0.39, 0.29) is 11.7 Å². The highest BCUT2D eigenvalue weighted by Crippen LogP contribution is 2.18. The molecule has 0 aromatic heterocycles. The van der Waals surface area contributed by atoms with Crippen LogP contribution in [0.2, 0.25) is 0 Å². The highest BCUT2D eigenvalue weighted by atomic mass is 16.5. The quantitative estimate of drug-likeness (QED) is 0.806. The fourth-order valence-electron chi connectivity index (χ4n) is 1.62. The summed E-state index contributed by atoms with van der Waals surface area (Å²) in [5.74, 6) is 0. The molecule has 0 heterocycles. The summed E-state index contributed by atoms with van der Waals surface area (Å²) in [5, 5.41) is 9.31. The minimum atomic E-state index is -0.323. The predicted octanol–water partition coefficient (Wildman–Crippen LogP) is 2.75. The average molecular weight is 208 g/mol. The molecule has 2 nitrogen and oxygen atoms in total. The molecule has 0 aliphatic rings. The maximum Gasteiger partial charge on any atom is 0.0724 e. The van der Waals surface area contributed by atoms with Crippen molar-refractivity contribution in [3.63, 3.8) is 0 Å². The highest BCUT2D eigenvalue weighted by Gasteiger charge is 2.20. The largest absolute Gasteiger partial charge is 0.393 e. The smallest absolute Gasteiger partial charge is 0.0724 e. The Labute approximate surface area is 91.9 Å². The van der Waals surface area contributed by atoms with Crippen LogP contribution in [0.5, 0.6) is 0 Å². The summed E-state index contributed by atoms with van der Waals surface area (Å²) in [4.78, 5) is 0. The van der Waals surface area contributed by atoms with Crippen molar-refractivity contribution in [2.45, 2.75) is 45.5 Å². The molecule has 0 aliphatic heterocycles. The molecule has 84 valence electrons. The van der Waals surface area contributed by atoms with Crippen LogP contribution in [0.4, 0.5) is 0 Å². The van der Waals surface area contributed by atoms with Gasteiger partial charge < -0.3 is 9.84 Å². The van der Waals surface area contributed by atoms with Gasteiger partial charge in [-0.1, -0.05) is 30.3 Å². The normalized spacial score (nSPS) is 13.9. The third-order valence-corrected chi connectivity index (χ3v) is 2.26. The van der Waals surface area contributed by atoms with Crippen molar-refractivity contribution in [2.24, 2.45) is 0 Å². The molecule has 1 aromatic rings. The molecule has 1 N–H and O–H groups in total. The van der Waals surface area contributed by atoms with E-state index < -0.39 is 0 Å². The van der Waals surface area contributed by atoms with Gasteiger partial charge in [0.15, 0.2) is 0 Å². The van der Waals surface area contributed by atoms with Crippen LogP contribution < -0.4 is 0 Å². The lowest BCUT2D eigenvalue weighted by atomic mass is 10.0. The van der Waals surface area contributed by atoms with Crippen molar-refractivity contribution in [2.75, 3.05) is 0 Å². The first-order chi connectivity index (χ1) is 6.99. The molecule has 15 heavy (non-hydrogen) atoms. The molecule has 0 bridgehead atoms. The van der Waals surface area contributed by atoms with Crippen LogP contribution in [0.15, 0.2) is 30.3 Å². The Hall–Kier alpha value is -0.860. The minimum absolute atomic E-state index is 0.274. The van der Waals surface area contributed by atoms with Crippen molar-refractivity contribution in [1.82, 2.24) is 0 Å². The van der Waals surface area contributed by atoms with Crippen LogP contribution in [0, 0.1) is 0 Å². The molecule has 1 unspecified atom stereocenters. The number of aliphatic hydroxyl groups excluding tert-OH is 1. The fourth-order valence-corrected chi connectivity index (χ4v) is 1.62. The maximum absolute atomic E-state index is 9.31. The van der Waals surface area contributed by atoms with Crippen molar-refractivity contribution in [3.05, 3.63) is 35.9 Å². The van der Waals surface area contributed by atoms with Crippen LogP contribution in [0.1, 0.15) is 32.8 Å². The van der Waals surface area contributed by atoms with Gasteiger partial charge in [-0.05, 0) is 26.3 Å². The lowest BCUT2D eigenvalue weighted by Gasteiger charge is -2.26. The van der Waals surface area contributed by atoms with Gasteiger partial charge in [-0.2, -0.15) is 0 Å². The topological polar surface area (TPSA) is 29.5 Å². The van der Waals surface area contributed by atoms with Gasteiger partial charge in [0.25, 0.3) is 0 Å². The first-order valence-corrected chi connectivity index (χ1v) is 5.35. The Bertz CT molecular complexity index is 278. The summed E-state index contributed by atoms with van der Waals surface area (Å²) >= 11 is 0. The van der Waals surface area contributed by atoms with Crippen LogP contribution in [0.25, 0.3) is 0 Å². The lowest BCUT2D eigenvalue weighted by molar-refractivity contribution is -0.0560. The molecule has 0 amide bonds. The van der Waals surface area contributed by atoms with Gasteiger partial charge in [0.05, 0.1) is 18.3 Å². The minimum Gasteiger partial charge on any atom is -0.393 e. The van der Waals surface area contributed by atoms with Crippen molar-refractivity contribution in [1.29, 1.82) is 0 Å². The van der Waals surface area contributed by atoms with Gasteiger partial charge in [0.1, 0.15) is 0 Å². The van der Waals surface area contributed by atoms with E-state index in [0.29, 0.717) is 13.0 Å². The predicted molar refractivity (Wildman–Crippen MR) is 61.6 cm³/mol. The number of ether oxygens (including phenoxy) is 1. The number of hydrogen-bond acceptors (Lipinski definition) is 2. The van der Waals surface area contributed by atoms with E-state index >= 15 is 0 Å². The van der Waals surface area contributed by atoms with E-state index in [4.69, 9.17) is 4.74 Å². The van der Waals surface area contributed by atoms with Crippen LogP contribution >= 0.6 is 0 Å². The van der Waals surface area contributed by atoms with Gasteiger partial charge in [-0.25, -0.2) is 0 Å². The zero-order valence-electron chi connectivity index (χ0n) is 9.73. The number of rotatable bonds is 5. The SMILES string of the molecule is CC(O)CC(C)(C)OCc1ccccc1. The molecule has 0 aliphatic carbocycles. The van der Waals surface area contributed by atoms with E-state index in [1.165, 1.54) is 0 Å². The molecule has 0 radical (unpaired) electrons. The summed E-state index contributed by atoms with van der Waals surface area (Å²) in [6, 6.07) is 10.1. The Morgan fingerprint density at radius 1 is 1.27 bits per heavy atom. The highest BCUT2D eigenvalue weighted by molar-refractivity contribution is 5.13. The summed E-state index contributed by atoms with van der Waals surface area (Å²) in [6.45, 7) is 6.39. The number of aliphatic hydroxyl groups is 1. The Kier molecular flexibility index (Phi) is 4.30. The molecule has 0 fully saturated rings. The molecule has 0 saturated heterocycles. The third kappa shape index (κ3) is 4.96. The van der Waals surface area contributed by atoms with Crippen LogP contribution in [-0.4, -0.2) is 16.8 Å². The molecule has 2 heteroatoms. The maximum atomic E-state index is 9.31. The lowest BCUT2D eigenvalue weighted by Crippen LogP contribution is -2.28. The standard InChI is InChI=1S/C13H20O2/c1-11(14)9-13(2,3)15-10-12-7-5-4-6-8-12/h4-8,11,14H,9-10H2,1-3H3. The summed E-state index contributed by atoms with van der Waals surface area (Å²) in [7, 11) is 0. The number of hydrogen-bond donors (Lipinski definition) is 1. The van der Waals surface area contributed by atoms with Crippen LogP contribution in [-0.2, 0) is 11.3 Å². The summed E-state index contributed by atoms with van der Waals surface area (Å²) < 4.78 is 5.77. The second-order valence-corrected chi connectivity index (χ2v) is 4.59. The average Bonchev–Trinajstić information content (AvgIpc) is 2.15.